The van der Waals surface area contributed by atoms with Gasteiger partial charge in [0.05, 0.1) is 19.8 Å². The zero-order valence-corrected chi connectivity index (χ0v) is 24.1. The van der Waals surface area contributed by atoms with Gasteiger partial charge in [-0.05, 0) is 18.9 Å². The van der Waals surface area contributed by atoms with Crippen LogP contribution in [0.2, 0.25) is 0 Å². The number of pyridine rings is 1. The molecule has 4 aliphatic rings. The van der Waals surface area contributed by atoms with Crippen molar-refractivity contribution >= 4 is 17.9 Å². The summed E-state index contributed by atoms with van der Waals surface area (Å²) in [4.78, 5) is 58.9. The monoisotopic (exact) mass is 616 g/mol. The summed E-state index contributed by atoms with van der Waals surface area (Å²) in [7, 11) is 0. The molecule has 236 valence electrons. The molecule has 1 aromatic carbocycles. The molecule has 0 bridgehead atoms. The number of nitrogens with zero attached hydrogens (tertiary/aromatic N) is 4. The molecular weight excluding hydrogens is 582 g/mol. The summed E-state index contributed by atoms with van der Waals surface area (Å²) in [5, 5.41) is 5.11. The summed E-state index contributed by atoms with van der Waals surface area (Å²) >= 11 is 0. The molecule has 4 aliphatic heterocycles. The van der Waals surface area contributed by atoms with Gasteiger partial charge < -0.3 is 34.3 Å². The number of nitrogens with one attached hydrogen (secondary N) is 2. The normalized spacial score (nSPS) is 21.4. The minimum Gasteiger partial charge on any atom is -0.451 e. The highest BCUT2D eigenvalue weighted by Gasteiger charge is 2.48. The number of aromatic nitrogens is 1. The van der Waals surface area contributed by atoms with Crippen molar-refractivity contribution in [1.29, 1.82) is 0 Å². The number of halogens is 2. The van der Waals surface area contributed by atoms with E-state index in [1.807, 2.05) is 0 Å². The SMILES string of the molecule is O=C(NCCN1CCOCC1)OCOc1c2n(cc(C(=O)NCc3ccc(F)cc3F)c1=O)C[C@@H]1N(C[C@H]3CCCN31)C2=O. The van der Waals surface area contributed by atoms with E-state index >= 15 is 0 Å². The largest absolute Gasteiger partial charge is 0.451 e. The summed E-state index contributed by atoms with van der Waals surface area (Å²) in [6.07, 6.45) is 2.27. The summed E-state index contributed by atoms with van der Waals surface area (Å²) in [5.41, 5.74) is -1.22. The fraction of sp³-hybridized carbons (Fsp3) is 0.517. The first kappa shape index (κ1) is 30.0. The Labute approximate surface area is 251 Å². The topological polar surface area (TPSA) is 135 Å². The van der Waals surface area contributed by atoms with Gasteiger partial charge in [0.15, 0.2) is 5.69 Å². The third-order valence-electron chi connectivity index (χ3n) is 8.53. The van der Waals surface area contributed by atoms with Crippen molar-refractivity contribution in [3.63, 3.8) is 0 Å². The van der Waals surface area contributed by atoms with Crippen LogP contribution < -0.4 is 20.8 Å². The lowest BCUT2D eigenvalue weighted by Gasteiger charge is -2.36. The molecule has 0 aliphatic carbocycles. The van der Waals surface area contributed by atoms with Gasteiger partial charge in [0.1, 0.15) is 23.4 Å². The second-order valence-electron chi connectivity index (χ2n) is 11.2. The van der Waals surface area contributed by atoms with E-state index in [1.165, 1.54) is 16.8 Å². The first-order chi connectivity index (χ1) is 21.3. The van der Waals surface area contributed by atoms with E-state index in [-0.39, 0.29) is 35.6 Å². The van der Waals surface area contributed by atoms with Gasteiger partial charge in [0, 0.05) is 69.7 Å². The van der Waals surface area contributed by atoms with E-state index in [2.05, 4.69) is 20.4 Å². The van der Waals surface area contributed by atoms with Crippen LogP contribution in [-0.2, 0) is 22.6 Å². The molecule has 2 atom stereocenters. The van der Waals surface area contributed by atoms with E-state index in [1.54, 1.807) is 4.90 Å². The summed E-state index contributed by atoms with van der Waals surface area (Å²) < 4.78 is 45.0. The molecular formula is C29H34F2N6O7. The van der Waals surface area contributed by atoms with Crippen LogP contribution in [0.25, 0.3) is 0 Å². The molecule has 0 unspecified atom stereocenters. The number of carbonyl (C=O) groups is 3. The second-order valence-corrected chi connectivity index (χ2v) is 11.2. The Morgan fingerprint density at radius 2 is 1.89 bits per heavy atom. The van der Waals surface area contributed by atoms with Crippen molar-refractivity contribution in [3.8, 4) is 5.75 Å². The highest BCUT2D eigenvalue weighted by atomic mass is 19.1. The van der Waals surface area contributed by atoms with Crippen molar-refractivity contribution in [2.24, 2.45) is 0 Å². The molecule has 2 aromatic rings. The second kappa shape index (κ2) is 12.9. The smallest absolute Gasteiger partial charge is 0.410 e. The lowest BCUT2D eigenvalue weighted by Crippen LogP contribution is -2.50. The maximum atomic E-state index is 14.1. The summed E-state index contributed by atoms with van der Waals surface area (Å²) in [5.74, 6) is -3.27. The van der Waals surface area contributed by atoms with Crippen molar-refractivity contribution < 1.29 is 37.4 Å². The fourth-order valence-electron chi connectivity index (χ4n) is 6.28. The number of amides is 3. The van der Waals surface area contributed by atoms with Crippen LogP contribution in [0.5, 0.6) is 5.75 Å². The third-order valence-corrected chi connectivity index (χ3v) is 8.53. The van der Waals surface area contributed by atoms with Gasteiger partial charge in [0.2, 0.25) is 18.0 Å². The molecule has 0 saturated carbocycles. The number of ether oxygens (including phenoxy) is 3. The number of fused-ring (bicyclic) bond motifs is 4. The summed E-state index contributed by atoms with van der Waals surface area (Å²) in [6.45, 7) is 4.40. The maximum absolute atomic E-state index is 14.1. The first-order valence-corrected chi connectivity index (χ1v) is 14.7. The van der Waals surface area contributed by atoms with Gasteiger partial charge in [-0.1, -0.05) is 6.07 Å². The summed E-state index contributed by atoms with van der Waals surface area (Å²) in [6, 6.07) is 3.17. The molecule has 3 saturated heterocycles. The van der Waals surface area contributed by atoms with Gasteiger partial charge >= 0.3 is 6.09 Å². The van der Waals surface area contributed by atoms with Gasteiger partial charge in [0.25, 0.3) is 11.8 Å². The van der Waals surface area contributed by atoms with Crippen LogP contribution in [0, 0.1) is 11.6 Å². The van der Waals surface area contributed by atoms with Gasteiger partial charge in [-0.3, -0.25) is 24.2 Å². The molecule has 0 radical (unpaired) electrons. The number of morpholine rings is 1. The Bertz CT molecular complexity index is 1500. The quantitative estimate of drug-likeness (QED) is 0.391. The van der Waals surface area contributed by atoms with Crippen molar-refractivity contribution in [1.82, 2.24) is 29.9 Å². The van der Waals surface area contributed by atoms with Crippen LogP contribution in [-0.4, -0.2) is 109 Å². The molecule has 13 nitrogen and oxygen atoms in total. The van der Waals surface area contributed by atoms with E-state index < -0.39 is 47.5 Å². The van der Waals surface area contributed by atoms with Gasteiger partial charge in [-0.15, -0.1) is 0 Å². The molecule has 44 heavy (non-hydrogen) atoms. The number of rotatable bonds is 9. The van der Waals surface area contributed by atoms with E-state index in [9.17, 15) is 28.0 Å². The molecule has 5 heterocycles. The number of hydrogen-bond donors (Lipinski definition) is 2. The Kier molecular flexibility index (Phi) is 8.77. The Morgan fingerprint density at radius 3 is 2.68 bits per heavy atom. The predicted molar refractivity (Wildman–Crippen MR) is 150 cm³/mol. The van der Waals surface area contributed by atoms with E-state index in [4.69, 9.17) is 14.2 Å². The number of carbonyl (C=O) groups excluding carboxylic acids is 3. The lowest BCUT2D eigenvalue weighted by atomic mass is 10.1. The van der Waals surface area contributed by atoms with E-state index in [0.29, 0.717) is 45.5 Å². The molecule has 6 rings (SSSR count). The Hall–Kier alpha value is -4.08. The number of alkyl carbamates (subject to hydrolysis) is 1. The fourth-order valence-corrected chi connectivity index (χ4v) is 6.28. The lowest BCUT2D eigenvalue weighted by molar-refractivity contribution is 0.0360. The first-order valence-electron chi connectivity index (χ1n) is 14.7. The van der Waals surface area contributed by atoms with Crippen LogP contribution in [0.1, 0.15) is 39.3 Å². The van der Waals surface area contributed by atoms with Crippen molar-refractivity contribution in [3.05, 3.63) is 63.1 Å². The van der Waals surface area contributed by atoms with Crippen LogP contribution in [0.4, 0.5) is 13.6 Å². The van der Waals surface area contributed by atoms with Crippen LogP contribution in [0.15, 0.2) is 29.2 Å². The zero-order valence-electron chi connectivity index (χ0n) is 24.1. The highest BCUT2D eigenvalue weighted by Crippen LogP contribution is 2.35. The number of hydrogen-bond acceptors (Lipinski definition) is 9. The maximum Gasteiger partial charge on any atom is 0.410 e. The molecule has 15 heteroatoms. The highest BCUT2D eigenvalue weighted by molar-refractivity contribution is 5.99. The van der Waals surface area contributed by atoms with Gasteiger partial charge in [-0.2, -0.15) is 0 Å². The van der Waals surface area contributed by atoms with Crippen molar-refractivity contribution in [2.75, 3.05) is 59.3 Å². The minimum absolute atomic E-state index is 0.0270. The minimum atomic E-state index is -0.879. The molecule has 2 N–H and O–H groups in total. The van der Waals surface area contributed by atoms with Crippen molar-refractivity contribution in [2.45, 2.75) is 38.1 Å². The Balaban J connectivity index is 1.19. The molecule has 3 amide bonds. The van der Waals surface area contributed by atoms with E-state index in [0.717, 1.165) is 38.5 Å². The zero-order chi connectivity index (χ0) is 30.8. The molecule has 0 spiro atoms. The predicted octanol–water partition coefficient (Wildman–Crippen LogP) is 0.711. The van der Waals surface area contributed by atoms with Gasteiger partial charge in [-0.25, -0.2) is 13.6 Å². The third kappa shape index (κ3) is 6.12. The average Bonchev–Trinajstić information content (AvgIpc) is 3.61. The number of benzene rings is 1. The molecule has 3 fully saturated rings. The average molecular weight is 617 g/mol. The Morgan fingerprint density at radius 1 is 1.07 bits per heavy atom. The molecule has 1 aromatic heterocycles. The standard InChI is InChI=1S/C29H34F2N6O7/c30-19-4-3-18(22(31)12-19)13-33-27(39)21-15-35-16-23-36-6-1-2-20(36)14-37(23)28(40)24(35)26(25(21)38)43-17-44-29(41)32-5-7-34-8-10-42-11-9-34/h3-4,12,15,20,23H,1-2,5-11,13-14,16-17H2,(H,32,41)(H,33,39)/t20-,23+/m1/s1. The van der Waals surface area contributed by atoms with Crippen LogP contribution in [0.3, 0.4) is 0 Å². The van der Waals surface area contributed by atoms with Crippen LogP contribution >= 0.6 is 0 Å².